The maximum absolute atomic E-state index is 4.82. The van der Waals surface area contributed by atoms with Gasteiger partial charge >= 0.3 is 0 Å². The highest BCUT2D eigenvalue weighted by Gasteiger charge is 1.79. The zero-order valence-corrected chi connectivity index (χ0v) is 5.03. The van der Waals surface area contributed by atoms with E-state index in [-0.39, 0.29) is 0 Å². The Morgan fingerprint density at radius 2 is 2.29 bits per heavy atom. The van der Waals surface area contributed by atoms with Crippen molar-refractivity contribution in [3.63, 3.8) is 0 Å². The summed E-state index contributed by atoms with van der Waals surface area (Å²) in [5, 5.41) is 0. The monoisotopic (exact) mass is 100 g/mol. The Bertz CT molecular complexity index is 23.4. The molecule has 0 bridgehead atoms. The third kappa shape index (κ3) is 5.96. The van der Waals surface area contributed by atoms with Crippen molar-refractivity contribution in [1.29, 1.82) is 0 Å². The topological polar surface area (TPSA) is 9.23 Å². The van der Waals surface area contributed by atoms with E-state index in [4.69, 9.17) is 4.74 Å². The molecule has 7 heavy (non-hydrogen) atoms. The van der Waals surface area contributed by atoms with E-state index in [0.29, 0.717) is 0 Å². The molecular formula is C6H12O. The second kappa shape index (κ2) is 5.96. The molecule has 0 aromatic rings. The van der Waals surface area contributed by atoms with Gasteiger partial charge < -0.3 is 4.74 Å². The molecule has 0 heterocycles. The van der Waals surface area contributed by atoms with Gasteiger partial charge in [-0.2, -0.15) is 0 Å². The highest BCUT2D eigenvalue weighted by molar-refractivity contribution is 4.35. The first-order chi connectivity index (χ1) is 3.41. The SMILES string of the molecule is C[C]OCCCC. The van der Waals surface area contributed by atoms with Gasteiger partial charge in [-0.25, -0.2) is 0 Å². The smallest absolute Gasteiger partial charge is 0.128 e. The van der Waals surface area contributed by atoms with Gasteiger partial charge in [-0.05, 0) is 13.3 Å². The van der Waals surface area contributed by atoms with E-state index in [1.807, 2.05) is 0 Å². The molecule has 0 unspecified atom stereocenters. The van der Waals surface area contributed by atoms with Gasteiger partial charge in [-0.15, -0.1) is 0 Å². The minimum absolute atomic E-state index is 0.826. The van der Waals surface area contributed by atoms with Crippen molar-refractivity contribution in [2.75, 3.05) is 6.61 Å². The van der Waals surface area contributed by atoms with E-state index in [1.54, 1.807) is 6.92 Å². The van der Waals surface area contributed by atoms with Gasteiger partial charge in [0.15, 0.2) is 0 Å². The van der Waals surface area contributed by atoms with Crippen molar-refractivity contribution in [2.24, 2.45) is 0 Å². The molecule has 0 saturated carbocycles. The second-order valence-corrected chi connectivity index (χ2v) is 1.41. The summed E-state index contributed by atoms with van der Waals surface area (Å²) in [6.07, 6.45) is 2.34. The molecule has 0 aliphatic rings. The number of unbranched alkanes of at least 4 members (excludes halogenated alkanes) is 1. The van der Waals surface area contributed by atoms with Crippen LogP contribution in [-0.4, -0.2) is 6.61 Å². The maximum atomic E-state index is 4.82. The van der Waals surface area contributed by atoms with Crippen LogP contribution in [0.15, 0.2) is 0 Å². The number of ether oxygens (including phenoxy) is 1. The van der Waals surface area contributed by atoms with Gasteiger partial charge in [-0.1, -0.05) is 13.3 Å². The summed E-state index contributed by atoms with van der Waals surface area (Å²) in [6, 6.07) is 0. The zero-order valence-electron chi connectivity index (χ0n) is 5.03. The largest absolute Gasteiger partial charge is 0.369 e. The van der Waals surface area contributed by atoms with Crippen LogP contribution in [0.3, 0.4) is 0 Å². The van der Waals surface area contributed by atoms with E-state index in [1.165, 1.54) is 6.42 Å². The number of hydrogen-bond acceptors (Lipinski definition) is 1. The minimum atomic E-state index is 0.826. The van der Waals surface area contributed by atoms with Gasteiger partial charge in [0.1, 0.15) is 6.61 Å². The fraction of sp³-hybridized carbons (Fsp3) is 0.833. The Morgan fingerprint density at radius 1 is 1.57 bits per heavy atom. The molecule has 0 N–H and O–H groups in total. The van der Waals surface area contributed by atoms with E-state index in [2.05, 4.69) is 13.5 Å². The van der Waals surface area contributed by atoms with Crippen molar-refractivity contribution in [3.8, 4) is 0 Å². The van der Waals surface area contributed by atoms with Crippen LogP contribution in [0.1, 0.15) is 26.7 Å². The predicted octanol–water partition coefficient (Wildman–Crippen LogP) is 1.86. The first kappa shape index (κ1) is 6.96. The highest BCUT2D eigenvalue weighted by Crippen LogP contribution is 1.87. The Balaban J connectivity index is 2.45. The molecule has 0 spiro atoms. The zero-order chi connectivity index (χ0) is 5.54. The second-order valence-electron chi connectivity index (χ2n) is 1.41. The Labute approximate surface area is 45.7 Å². The molecule has 0 aromatic heterocycles. The van der Waals surface area contributed by atoms with E-state index in [0.717, 1.165) is 13.0 Å². The molecule has 0 aliphatic carbocycles. The first-order valence-electron chi connectivity index (χ1n) is 2.70. The quantitative estimate of drug-likeness (QED) is 0.490. The average molecular weight is 100 g/mol. The predicted molar refractivity (Wildman–Crippen MR) is 29.8 cm³/mol. The van der Waals surface area contributed by atoms with Crippen LogP contribution in [-0.2, 0) is 4.74 Å². The highest BCUT2D eigenvalue weighted by atomic mass is 16.5. The van der Waals surface area contributed by atoms with Gasteiger partial charge in [0, 0.05) is 6.61 Å². The number of rotatable bonds is 4. The molecule has 0 amide bonds. The van der Waals surface area contributed by atoms with E-state index < -0.39 is 0 Å². The fourth-order valence-corrected chi connectivity index (χ4v) is 0.319. The van der Waals surface area contributed by atoms with Crippen molar-refractivity contribution >= 4 is 0 Å². The molecule has 0 aromatic carbocycles. The lowest BCUT2D eigenvalue weighted by atomic mass is 10.4. The maximum Gasteiger partial charge on any atom is 0.128 e. The Morgan fingerprint density at radius 3 is 2.71 bits per heavy atom. The molecule has 1 nitrogen and oxygen atoms in total. The van der Waals surface area contributed by atoms with Crippen LogP contribution in [0.5, 0.6) is 0 Å². The standard InChI is InChI=1S/C6H12O/c1-3-5-6-7-4-2/h3,5-6H2,1-2H3. The lowest BCUT2D eigenvalue weighted by Crippen LogP contribution is -1.86. The van der Waals surface area contributed by atoms with Crippen LogP contribution >= 0.6 is 0 Å². The van der Waals surface area contributed by atoms with E-state index >= 15 is 0 Å². The summed E-state index contributed by atoms with van der Waals surface area (Å²) in [5.74, 6) is 0. The summed E-state index contributed by atoms with van der Waals surface area (Å²) >= 11 is 0. The van der Waals surface area contributed by atoms with Gasteiger partial charge in [-0.3, -0.25) is 0 Å². The first-order valence-corrected chi connectivity index (χ1v) is 2.70. The normalized spacial score (nSPS) is 9.43. The van der Waals surface area contributed by atoms with Crippen molar-refractivity contribution < 1.29 is 4.74 Å². The van der Waals surface area contributed by atoms with Crippen LogP contribution in [0.2, 0.25) is 0 Å². The van der Waals surface area contributed by atoms with Crippen LogP contribution in [0.4, 0.5) is 0 Å². The molecule has 0 rings (SSSR count). The summed E-state index contributed by atoms with van der Waals surface area (Å²) in [4.78, 5) is 0. The summed E-state index contributed by atoms with van der Waals surface area (Å²) in [6.45, 7) is 7.34. The fourth-order valence-electron chi connectivity index (χ4n) is 0.319. The third-order valence-corrected chi connectivity index (χ3v) is 0.744. The summed E-state index contributed by atoms with van der Waals surface area (Å²) in [7, 11) is 0. The molecule has 2 radical (unpaired) electrons. The lowest BCUT2D eigenvalue weighted by molar-refractivity contribution is 0.200. The molecule has 1 heteroatoms. The average Bonchev–Trinajstić information content (AvgIpc) is 1.69. The van der Waals surface area contributed by atoms with Crippen molar-refractivity contribution in [2.45, 2.75) is 26.7 Å². The lowest BCUT2D eigenvalue weighted by Gasteiger charge is -1.93. The molecule has 0 fully saturated rings. The summed E-state index contributed by atoms with van der Waals surface area (Å²) < 4.78 is 4.82. The Kier molecular flexibility index (Phi) is 5.93. The van der Waals surface area contributed by atoms with Gasteiger partial charge in [0.25, 0.3) is 0 Å². The van der Waals surface area contributed by atoms with Crippen molar-refractivity contribution in [1.82, 2.24) is 0 Å². The van der Waals surface area contributed by atoms with Gasteiger partial charge in [0.05, 0.1) is 0 Å². The number of hydrogen-bond donors (Lipinski definition) is 0. The molecule has 0 saturated heterocycles. The molecular weight excluding hydrogens is 88.1 g/mol. The third-order valence-electron chi connectivity index (χ3n) is 0.744. The van der Waals surface area contributed by atoms with Gasteiger partial charge in [0.2, 0.25) is 0 Å². The molecule has 0 aliphatic heterocycles. The van der Waals surface area contributed by atoms with Crippen molar-refractivity contribution in [3.05, 3.63) is 6.61 Å². The Hall–Kier alpha value is -0.0400. The van der Waals surface area contributed by atoms with Crippen LogP contribution < -0.4 is 0 Å². The van der Waals surface area contributed by atoms with Crippen LogP contribution in [0.25, 0.3) is 0 Å². The van der Waals surface area contributed by atoms with Crippen LogP contribution in [0, 0.1) is 6.61 Å². The minimum Gasteiger partial charge on any atom is -0.369 e. The van der Waals surface area contributed by atoms with E-state index in [9.17, 15) is 0 Å². The summed E-state index contributed by atoms with van der Waals surface area (Å²) in [5.41, 5.74) is 0. The molecule has 42 valence electrons. The molecule has 0 atom stereocenters.